The SMILES string of the molecule is CC1=CCCC(C)(C)C1/C=C/C(C)NCc1ccccc1. The summed E-state index contributed by atoms with van der Waals surface area (Å²) in [5.74, 6) is 0.576. The molecule has 0 bridgehead atoms. The highest BCUT2D eigenvalue weighted by Crippen LogP contribution is 2.41. The Hall–Kier alpha value is -1.34. The van der Waals surface area contributed by atoms with Crippen LogP contribution < -0.4 is 5.32 Å². The molecule has 0 radical (unpaired) electrons. The number of allylic oxidation sites excluding steroid dienone is 3. The van der Waals surface area contributed by atoms with Crippen LogP contribution in [-0.2, 0) is 6.54 Å². The Balaban J connectivity index is 1.91. The Morgan fingerprint density at radius 2 is 2.00 bits per heavy atom. The van der Waals surface area contributed by atoms with Gasteiger partial charge in [-0.25, -0.2) is 0 Å². The van der Waals surface area contributed by atoms with Gasteiger partial charge in [0.2, 0.25) is 0 Å². The van der Waals surface area contributed by atoms with E-state index in [1.165, 1.54) is 24.0 Å². The number of hydrogen-bond acceptors (Lipinski definition) is 1. The van der Waals surface area contributed by atoms with Gasteiger partial charge in [-0.3, -0.25) is 0 Å². The van der Waals surface area contributed by atoms with Crippen LogP contribution >= 0.6 is 0 Å². The van der Waals surface area contributed by atoms with Crippen molar-refractivity contribution in [2.45, 2.75) is 53.1 Å². The average molecular weight is 283 g/mol. The quantitative estimate of drug-likeness (QED) is 0.741. The first-order chi connectivity index (χ1) is 9.99. The average Bonchev–Trinajstić information content (AvgIpc) is 2.45. The van der Waals surface area contributed by atoms with Crippen LogP contribution in [0.1, 0.15) is 46.1 Å². The number of hydrogen-bond donors (Lipinski definition) is 1. The van der Waals surface area contributed by atoms with E-state index in [1.807, 2.05) is 0 Å². The Morgan fingerprint density at radius 1 is 1.29 bits per heavy atom. The molecule has 0 saturated heterocycles. The third kappa shape index (κ3) is 4.57. The molecule has 0 aromatic heterocycles. The van der Waals surface area contributed by atoms with E-state index >= 15 is 0 Å². The van der Waals surface area contributed by atoms with E-state index in [1.54, 1.807) is 0 Å². The van der Waals surface area contributed by atoms with Crippen molar-refractivity contribution in [1.82, 2.24) is 5.32 Å². The highest BCUT2D eigenvalue weighted by atomic mass is 14.9. The van der Waals surface area contributed by atoms with Crippen LogP contribution in [-0.4, -0.2) is 6.04 Å². The summed E-state index contributed by atoms with van der Waals surface area (Å²) in [7, 11) is 0. The molecule has 1 aromatic rings. The second-order valence-corrected chi connectivity index (χ2v) is 6.99. The van der Waals surface area contributed by atoms with E-state index in [-0.39, 0.29) is 0 Å². The zero-order chi connectivity index (χ0) is 15.3. The lowest BCUT2D eigenvalue weighted by molar-refractivity contribution is 0.255. The van der Waals surface area contributed by atoms with Gasteiger partial charge in [0.1, 0.15) is 0 Å². The van der Waals surface area contributed by atoms with E-state index in [0.717, 1.165) is 6.54 Å². The van der Waals surface area contributed by atoms with Crippen molar-refractivity contribution in [2.75, 3.05) is 0 Å². The summed E-state index contributed by atoms with van der Waals surface area (Å²) in [6.07, 6.45) is 9.66. The molecule has 2 rings (SSSR count). The molecule has 1 aliphatic carbocycles. The van der Waals surface area contributed by atoms with Gasteiger partial charge < -0.3 is 5.32 Å². The molecule has 1 aromatic carbocycles. The second kappa shape index (κ2) is 7.09. The topological polar surface area (TPSA) is 12.0 Å². The summed E-state index contributed by atoms with van der Waals surface area (Å²) in [6.45, 7) is 10.2. The van der Waals surface area contributed by atoms with Crippen LogP contribution in [0.15, 0.2) is 54.1 Å². The summed E-state index contributed by atoms with van der Waals surface area (Å²) in [5, 5.41) is 3.57. The lowest BCUT2D eigenvalue weighted by atomic mass is 9.68. The molecule has 1 heteroatoms. The minimum absolute atomic E-state index is 0.383. The molecule has 2 atom stereocenters. The third-order valence-corrected chi connectivity index (χ3v) is 4.65. The normalized spacial score (nSPS) is 23.0. The second-order valence-electron chi connectivity index (χ2n) is 6.99. The van der Waals surface area contributed by atoms with Gasteiger partial charge in [0, 0.05) is 18.5 Å². The smallest absolute Gasteiger partial charge is 0.0225 e. The molecule has 114 valence electrons. The zero-order valence-corrected chi connectivity index (χ0v) is 13.9. The zero-order valence-electron chi connectivity index (χ0n) is 13.9. The van der Waals surface area contributed by atoms with Crippen molar-refractivity contribution in [2.24, 2.45) is 11.3 Å². The summed E-state index contributed by atoms with van der Waals surface area (Å²) in [6, 6.07) is 11.0. The van der Waals surface area contributed by atoms with Crippen LogP contribution in [0.5, 0.6) is 0 Å². The largest absolute Gasteiger partial charge is 0.307 e. The Bertz CT molecular complexity index is 496. The first-order valence-corrected chi connectivity index (χ1v) is 8.11. The highest BCUT2D eigenvalue weighted by Gasteiger charge is 2.30. The maximum Gasteiger partial charge on any atom is 0.0225 e. The third-order valence-electron chi connectivity index (χ3n) is 4.65. The summed E-state index contributed by atoms with van der Waals surface area (Å²) < 4.78 is 0. The van der Waals surface area contributed by atoms with Crippen molar-refractivity contribution in [3.63, 3.8) is 0 Å². The fourth-order valence-corrected chi connectivity index (χ4v) is 3.20. The first-order valence-electron chi connectivity index (χ1n) is 8.11. The van der Waals surface area contributed by atoms with Crippen LogP contribution in [0.2, 0.25) is 0 Å². The predicted octanol–water partition coefficient (Wildman–Crippen LogP) is 5.10. The molecule has 0 fully saturated rings. The van der Waals surface area contributed by atoms with Crippen molar-refractivity contribution in [3.05, 3.63) is 59.7 Å². The Kier molecular flexibility index (Phi) is 5.41. The van der Waals surface area contributed by atoms with E-state index in [0.29, 0.717) is 17.4 Å². The van der Waals surface area contributed by atoms with Crippen LogP contribution in [0.4, 0.5) is 0 Å². The van der Waals surface area contributed by atoms with E-state index in [4.69, 9.17) is 0 Å². The van der Waals surface area contributed by atoms with E-state index < -0.39 is 0 Å². The van der Waals surface area contributed by atoms with E-state index in [9.17, 15) is 0 Å². The van der Waals surface area contributed by atoms with Gasteiger partial charge in [-0.05, 0) is 37.7 Å². The van der Waals surface area contributed by atoms with Crippen molar-refractivity contribution < 1.29 is 0 Å². The summed E-state index contributed by atoms with van der Waals surface area (Å²) >= 11 is 0. The van der Waals surface area contributed by atoms with Crippen LogP contribution in [0.25, 0.3) is 0 Å². The molecule has 1 N–H and O–H groups in total. The van der Waals surface area contributed by atoms with Gasteiger partial charge in [0.25, 0.3) is 0 Å². The van der Waals surface area contributed by atoms with Gasteiger partial charge >= 0.3 is 0 Å². The van der Waals surface area contributed by atoms with Gasteiger partial charge in [0.05, 0.1) is 0 Å². The molecule has 1 nitrogen and oxygen atoms in total. The number of nitrogens with one attached hydrogen (secondary N) is 1. The van der Waals surface area contributed by atoms with Crippen LogP contribution in [0, 0.1) is 11.3 Å². The highest BCUT2D eigenvalue weighted by molar-refractivity contribution is 5.20. The molecule has 21 heavy (non-hydrogen) atoms. The maximum absolute atomic E-state index is 3.57. The van der Waals surface area contributed by atoms with Gasteiger partial charge in [0.15, 0.2) is 0 Å². The fraction of sp³-hybridized carbons (Fsp3) is 0.500. The van der Waals surface area contributed by atoms with Gasteiger partial charge in [-0.15, -0.1) is 0 Å². The molecule has 2 unspecified atom stereocenters. The Morgan fingerprint density at radius 3 is 2.67 bits per heavy atom. The van der Waals surface area contributed by atoms with Crippen molar-refractivity contribution in [3.8, 4) is 0 Å². The number of benzene rings is 1. The summed E-state index contributed by atoms with van der Waals surface area (Å²) in [5.41, 5.74) is 3.25. The minimum atomic E-state index is 0.383. The molecular formula is C20H29N. The first kappa shape index (κ1) is 16.0. The lowest BCUT2D eigenvalue weighted by Crippen LogP contribution is -2.28. The van der Waals surface area contributed by atoms with Gasteiger partial charge in [-0.2, -0.15) is 0 Å². The fourth-order valence-electron chi connectivity index (χ4n) is 3.20. The molecule has 0 heterocycles. The van der Waals surface area contributed by atoms with Crippen molar-refractivity contribution >= 4 is 0 Å². The standard InChI is InChI=1S/C20H29N/c1-16-9-8-14-20(3,4)19(16)13-12-17(2)21-15-18-10-6-5-7-11-18/h5-7,9-13,17,19,21H,8,14-15H2,1-4H3/b13-12+. The molecule has 0 aliphatic heterocycles. The molecule has 0 saturated carbocycles. The molecule has 1 aliphatic rings. The van der Waals surface area contributed by atoms with Crippen LogP contribution in [0.3, 0.4) is 0 Å². The van der Waals surface area contributed by atoms with Gasteiger partial charge in [-0.1, -0.05) is 68.0 Å². The monoisotopic (exact) mass is 283 g/mol. The van der Waals surface area contributed by atoms with Crippen molar-refractivity contribution in [1.29, 1.82) is 0 Å². The predicted molar refractivity (Wildman–Crippen MR) is 92.1 cm³/mol. The molecule has 0 spiro atoms. The number of rotatable bonds is 5. The lowest BCUT2D eigenvalue weighted by Gasteiger charge is -2.37. The van der Waals surface area contributed by atoms with E-state index in [2.05, 4.69) is 81.6 Å². The minimum Gasteiger partial charge on any atom is -0.307 e. The summed E-state index contributed by atoms with van der Waals surface area (Å²) in [4.78, 5) is 0. The maximum atomic E-state index is 3.57. The Labute approximate surface area is 130 Å². The molecular weight excluding hydrogens is 254 g/mol. The molecule has 0 amide bonds.